The Kier molecular flexibility index (Phi) is 47.6. The molecular formula is C81H159N2O6+. The Morgan fingerprint density at radius 3 is 0.865 bits per heavy atom. The van der Waals surface area contributed by atoms with E-state index in [0.717, 1.165) is 75.2 Å². The number of rotatable bonds is 67. The van der Waals surface area contributed by atoms with Crippen LogP contribution in [0.1, 0.15) is 425 Å². The zero-order chi connectivity index (χ0) is 66.4. The lowest BCUT2D eigenvalue weighted by Gasteiger charge is -2.49. The molecule has 0 aliphatic carbocycles. The molecule has 3 unspecified atom stereocenters. The fraction of sp³-hybridized carbons (Fsp3) is 0.963. The van der Waals surface area contributed by atoms with Crippen molar-refractivity contribution in [1.82, 2.24) is 4.90 Å². The summed E-state index contributed by atoms with van der Waals surface area (Å²) >= 11 is 0. The molecule has 1 aliphatic heterocycles. The summed E-state index contributed by atoms with van der Waals surface area (Å²) in [5.41, 5.74) is -2.92. The largest absolute Gasteiger partial charge is 0.368 e. The molecule has 8 heteroatoms. The molecule has 0 aromatic heterocycles. The maximum absolute atomic E-state index is 13.7. The number of Topliss-reactive ketones (excluding diaryl/α,β-unsaturated/α-hetero) is 3. The number of carbonyl (C=O) groups excluding carboxylic acids is 3. The summed E-state index contributed by atoms with van der Waals surface area (Å²) in [4.78, 5) is 43.9. The van der Waals surface area contributed by atoms with Crippen molar-refractivity contribution in [3.63, 3.8) is 0 Å². The Labute approximate surface area is 556 Å². The lowest BCUT2D eigenvalue weighted by Crippen LogP contribution is -2.57. The molecule has 0 aromatic rings. The number of unbranched alkanes of at least 4 members (excludes halogenated alkanes) is 39. The second-order valence-electron chi connectivity index (χ2n) is 32.1. The average molecular weight is 1260 g/mol. The lowest BCUT2D eigenvalue weighted by atomic mass is 9.87. The van der Waals surface area contributed by atoms with Crippen LogP contribution in [0.4, 0.5) is 0 Å². The maximum atomic E-state index is 13.7. The summed E-state index contributed by atoms with van der Waals surface area (Å²) in [7, 11) is 2.53. The minimum Gasteiger partial charge on any atom is -0.368 e. The third-order valence-electron chi connectivity index (χ3n) is 22.0. The van der Waals surface area contributed by atoms with Gasteiger partial charge in [-0.2, -0.15) is 0 Å². The van der Waals surface area contributed by atoms with E-state index in [4.69, 9.17) is 14.2 Å². The van der Waals surface area contributed by atoms with Crippen LogP contribution in [-0.4, -0.2) is 106 Å². The van der Waals surface area contributed by atoms with Crippen LogP contribution in [0.3, 0.4) is 0 Å². The topological polar surface area (TPSA) is 82.1 Å². The molecule has 1 saturated heterocycles. The molecular weight excluding hydrogens is 1100 g/mol. The molecule has 0 radical (unpaired) electrons. The van der Waals surface area contributed by atoms with Gasteiger partial charge in [-0.05, 0) is 121 Å². The summed E-state index contributed by atoms with van der Waals surface area (Å²) in [5, 5.41) is 0. The van der Waals surface area contributed by atoms with Gasteiger partial charge in [-0.15, -0.1) is 0 Å². The Morgan fingerprint density at radius 1 is 0.360 bits per heavy atom. The second-order valence-corrected chi connectivity index (χ2v) is 32.1. The van der Waals surface area contributed by atoms with Crippen molar-refractivity contribution in [3.8, 4) is 0 Å². The van der Waals surface area contributed by atoms with E-state index >= 15 is 0 Å². The zero-order valence-electron chi connectivity index (χ0n) is 63.3. The molecule has 0 aromatic carbocycles. The van der Waals surface area contributed by atoms with Crippen LogP contribution in [0, 0.1) is 0 Å². The highest BCUT2D eigenvalue weighted by Gasteiger charge is 2.72. The molecule has 3 atom stereocenters. The summed E-state index contributed by atoms with van der Waals surface area (Å²) < 4.78 is 21.0. The molecule has 0 N–H and O–H groups in total. The molecule has 0 amide bonds. The van der Waals surface area contributed by atoms with Crippen LogP contribution in [0.15, 0.2) is 0 Å². The molecule has 0 bridgehead atoms. The van der Waals surface area contributed by atoms with Crippen molar-refractivity contribution in [2.24, 2.45) is 0 Å². The smallest absolute Gasteiger partial charge is 0.164 e. The summed E-state index contributed by atoms with van der Waals surface area (Å²) in [6.07, 6.45) is 60.9. The van der Waals surface area contributed by atoms with Crippen LogP contribution in [-0.2, 0) is 28.6 Å². The predicted octanol–water partition coefficient (Wildman–Crippen LogP) is 24.1. The van der Waals surface area contributed by atoms with E-state index in [1.54, 1.807) is 0 Å². The zero-order valence-corrected chi connectivity index (χ0v) is 63.3. The number of carbonyl (C=O) groups is 3. The normalized spacial score (nSPS) is 17.6. The summed E-state index contributed by atoms with van der Waals surface area (Å²) in [6.45, 7) is 36.8. The molecule has 1 fully saturated rings. The number of nitrogens with zero attached hydrogens (tertiary/aromatic N) is 2. The number of hydrogen-bond donors (Lipinski definition) is 0. The van der Waals surface area contributed by atoms with Crippen LogP contribution in [0.5, 0.6) is 0 Å². The van der Waals surface area contributed by atoms with Gasteiger partial charge in [0.05, 0.1) is 20.2 Å². The van der Waals surface area contributed by atoms with E-state index in [0.29, 0.717) is 45.1 Å². The van der Waals surface area contributed by atoms with Crippen molar-refractivity contribution >= 4 is 17.3 Å². The highest BCUT2D eigenvalue weighted by atomic mass is 16.5. The highest BCUT2D eigenvalue weighted by Crippen LogP contribution is 2.54. The Morgan fingerprint density at radius 2 is 0.596 bits per heavy atom. The van der Waals surface area contributed by atoms with Gasteiger partial charge in [-0.25, -0.2) is 0 Å². The fourth-order valence-corrected chi connectivity index (χ4v) is 14.9. The van der Waals surface area contributed by atoms with Crippen LogP contribution < -0.4 is 0 Å². The van der Waals surface area contributed by atoms with E-state index in [-0.39, 0.29) is 34.0 Å². The molecule has 1 rings (SSSR count). The third-order valence-corrected chi connectivity index (χ3v) is 22.0. The van der Waals surface area contributed by atoms with E-state index < -0.39 is 16.8 Å². The summed E-state index contributed by atoms with van der Waals surface area (Å²) in [6, 6.07) is 0.458. The summed E-state index contributed by atoms with van der Waals surface area (Å²) in [5.74, 6) is 0.676. The van der Waals surface area contributed by atoms with Crippen molar-refractivity contribution in [2.75, 3.05) is 40.0 Å². The number of ketones is 3. The minimum atomic E-state index is -0.826. The molecule has 1 aliphatic rings. The highest BCUT2D eigenvalue weighted by molar-refractivity contribution is 5.87. The standard InChI is InChI=1S/C81H159N2O6/c1-17-21-25-29-33-37-38-39-40-41-42-43-47-51-55-59-68-83(16)72(81(83,15)66-71-89-80(13,14)75(86)62-58-54-50-46-36-32-28-24-20-4)63-67-82(76(5,6)64-69-87-78(9,10)73(84)60-56-52-48-44-34-30-26-22-18-2)77(7,8)65-70-88-79(11,12)74(85)61-57-53-49-45-35-31-27-23-19-3/h72H,17-71H2,1-16H3/q+1. The molecule has 8 nitrogen and oxygen atoms in total. The van der Waals surface area contributed by atoms with Gasteiger partial charge in [-0.1, -0.05) is 272 Å². The number of likely N-dealkylation sites (N-methyl/N-ethyl adjacent to an activating group) is 1. The van der Waals surface area contributed by atoms with Crippen LogP contribution in [0.25, 0.3) is 0 Å². The van der Waals surface area contributed by atoms with Gasteiger partial charge in [0, 0.05) is 62.9 Å². The molecule has 0 spiro atoms. The SMILES string of the molecule is CCCCCCCCCCCCCCCCCC[N+]1(C)C(CCN(C(C)(C)CCOC(C)(C)C(=O)CCCCCCCCCCC)C(C)(C)CCOC(C)(C)C(=O)CCCCCCCCCCC)C1(C)CCOC(C)(C)C(=O)CCCCCCCCCCC. The number of quaternary nitrogens is 1. The first kappa shape index (κ1) is 85.8. The van der Waals surface area contributed by atoms with Crippen molar-refractivity contribution in [2.45, 2.75) is 464 Å². The van der Waals surface area contributed by atoms with Crippen LogP contribution in [0.2, 0.25) is 0 Å². The van der Waals surface area contributed by atoms with Gasteiger partial charge in [-0.3, -0.25) is 19.3 Å². The predicted molar refractivity (Wildman–Crippen MR) is 387 cm³/mol. The Hall–Kier alpha value is -1.19. The monoisotopic (exact) mass is 1260 g/mol. The van der Waals surface area contributed by atoms with Crippen molar-refractivity contribution in [1.29, 1.82) is 0 Å². The van der Waals surface area contributed by atoms with Gasteiger partial charge in [0.15, 0.2) is 22.9 Å². The van der Waals surface area contributed by atoms with E-state index in [1.165, 1.54) is 244 Å². The van der Waals surface area contributed by atoms with Gasteiger partial charge in [0.1, 0.15) is 22.8 Å². The van der Waals surface area contributed by atoms with Gasteiger partial charge in [0.25, 0.3) is 0 Å². The fourth-order valence-electron chi connectivity index (χ4n) is 14.9. The average Bonchev–Trinajstić information content (AvgIpc) is 1.53. The van der Waals surface area contributed by atoms with Gasteiger partial charge in [0.2, 0.25) is 0 Å². The Bertz CT molecular complexity index is 1670. The first-order chi connectivity index (χ1) is 42.3. The second kappa shape index (κ2) is 49.3. The van der Waals surface area contributed by atoms with E-state index in [9.17, 15) is 14.4 Å². The minimum absolute atomic E-state index is 0.0377. The molecule has 0 saturated carbocycles. The van der Waals surface area contributed by atoms with Crippen LogP contribution >= 0.6 is 0 Å². The third kappa shape index (κ3) is 37.6. The number of ether oxygens (including phenoxy) is 3. The Balaban J connectivity index is 3.25. The lowest BCUT2D eigenvalue weighted by molar-refractivity contribution is -0.820. The molecule has 89 heavy (non-hydrogen) atoms. The van der Waals surface area contributed by atoms with Gasteiger partial charge < -0.3 is 18.7 Å². The number of hydrogen-bond acceptors (Lipinski definition) is 7. The van der Waals surface area contributed by atoms with Gasteiger partial charge >= 0.3 is 0 Å². The molecule has 528 valence electrons. The first-order valence-corrected chi connectivity index (χ1v) is 39.5. The first-order valence-electron chi connectivity index (χ1n) is 39.5. The van der Waals surface area contributed by atoms with Crippen molar-refractivity contribution < 1.29 is 33.1 Å². The quantitative estimate of drug-likeness (QED) is 0.0341. The van der Waals surface area contributed by atoms with E-state index in [2.05, 4.69) is 74.3 Å². The van der Waals surface area contributed by atoms with Crippen molar-refractivity contribution in [3.05, 3.63) is 0 Å². The maximum Gasteiger partial charge on any atom is 0.164 e. The van der Waals surface area contributed by atoms with E-state index in [1.807, 2.05) is 41.5 Å². The molecule has 1 heterocycles.